The molecule has 156 valence electrons. The molecule has 7 heteroatoms. The molecule has 0 amide bonds. The van der Waals surface area contributed by atoms with Crippen LogP contribution >= 0.6 is 0 Å². The minimum Gasteiger partial charge on any atom is -0.489 e. The number of rotatable bonds is 8. The molecule has 3 aromatic carbocycles. The number of aromatic amines is 1. The van der Waals surface area contributed by atoms with Gasteiger partial charge in [0.1, 0.15) is 24.7 Å². The predicted molar refractivity (Wildman–Crippen MR) is 114 cm³/mol. The Hall–Kier alpha value is -4.26. The minimum absolute atomic E-state index is 0.0286. The highest BCUT2D eigenvalue weighted by Gasteiger charge is 2.14. The lowest BCUT2D eigenvalue weighted by atomic mass is 10.1. The van der Waals surface area contributed by atoms with Crippen molar-refractivity contribution in [2.24, 2.45) is 0 Å². The lowest BCUT2D eigenvalue weighted by Crippen LogP contribution is -2.02. The first-order valence-electron chi connectivity index (χ1n) is 9.61. The van der Waals surface area contributed by atoms with Gasteiger partial charge in [-0.05, 0) is 23.3 Å². The average molecular weight is 416 g/mol. The number of nitrogens with zero attached hydrogens (tertiary/aromatic N) is 1. The Bertz CT molecular complexity index is 1140. The summed E-state index contributed by atoms with van der Waals surface area (Å²) in [6, 6.07) is 26.6. The molecule has 1 heterocycles. The fourth-order valence-corrected chi connectivity index (χ4v) is 2.99. The quantitative estimate of drug-likeness (QED) is 0.379. The van der Waals surface area contributed by atoms with Crippen LogP contribution in [0.3, 0.4) is 0 Å². The fraction of sp³-hybridized carbons (Fsp3) is 0.0833. The number of nitrogens with one attached hydrogen (secondary N) is 1. The molecule has 7 nitrogen and oxygen atoms in total. The molecule has 0 radical (unpaired) electrons. The van der Waals surface area contributed by atoms with Crippen LogP contribution in [-0.4, -0.2) is 21.5 Å². The van der Waals surface area contributed by atoms with E-state index in [9.17, 15) is 4.79 Å². The lowest BCUT2D eigenvalue weighted by molar-refractivity contribution is 0.142. The van der Waals surface area contributed by atoms with Crippen LogP contribution in [0, 0.1) is 0 Å². The Morgan fingerprint density at radius 3 is 2.13 bits per heavy atom. The van der Waals surface area contributed by atoms with Crippen molar-refractivity contribution in [3.63, 3.8) is 0 Å². The van der Waals surface area contributed by atoms with Gasteiger partial charge in [-0.2, -0.15) is 5.10 Å². The van der Waals surface area contributed by atoms with Crippen molar-refractivity contribution >= 4 is 6.16 Å². The van der Waals surface area contributed by atoms with Crippen molar-refractivity contribution in [2.75, 3.05) is 0 Å². The van der Waals surface area contributed by atoms with Gasteiger partial charge in [0.05, 0.1) is 5.69 Å². The third-order valence-corrected chi connectivity index (χ3v) is 4.47. The lowest BCUT2D eigenvalue weighted by Gasteiger charge is -2.13. The standard InChI is InChI=1S/C24H20N2O5/c27-24(28)31-23-14-21(25-26-23)20-12-11-19(29-15-17-7-3-1-4-8-17)13-22(20)30-16-18-9-5-2-6-10-18/h1-14H,15-16H2,(H,25,26)(H,27,28). The third-order valence-electron chi connectivity index (χ3n) is 4.47. The number of hydrogen-bond donors (Lipinski definition) is 2. The number of carbonyl (C=O) groups is 1. The van der Waals surface area contributed by atoms with Crippen molar-refractivity contribution in [1.29, 1.82) is 0 Å². The van der Waals surface area contributed by atoms with Crippen LogP contribution in [0.1, 0.15) is 11.1 Å². The summed E-state index contributed by atoms with van der Waals surface area (Å²) in [5.74, 6) is 1.23. The van der Waals surface area contributed by atoms with Gasteiger partial charge in [0.2, 0.25) is 5.88 Å². The van der Waals surface area contributed by atoms with Gasteiger partial charge in [-0.15, -0.1) is 0 Å². The zero-order valence-corrected chi connectivity index (χ0v) is 16.5. The van der Waals surface area contributed by atoms with E-state index in [0.717, 1.165) is 11.1 Å². The summed E-state index contributed by atoms with van der Waals surface area (Å²) >= 11 is 0. The normalized spacial score (nSPS) is 10.5. The van der Waals surface area contributed by atoms with Crippen molar-refractivity contribution in [3.05, 3.63) is 96.1 Å². The molecular formula is C24H20N2O5. The number of aromatic nitrogens is 2. The molecular weight excluding hydrogens is 396 g/mol. The Balaban J connectivity index is 1.58. The first kappa shape index (κ1) is 20.0. The molecule has 0 unspecified atom stereocenters. The van der Waals surface area contributed by atoms with E-state index in [0.29, 0.717) is 36.0 Å². The molecule has 0 aliphatic carbocycles. The fourth-order valence-electron chi connectivity index (χ4n) is 2.99. The van der Waals surface area contributed by atoms with Gasteiger partial charge in [0.15, 0.2) is 0 Å². The Morgan fingerprint density at radius 2 is 1.48 bits per heavy atom. The third kappa shape index (κ3) is 5.42. The molecule has 0 aliphatic rings. The summed E-state index contributed by atoms with van der Waals surface area (Å²) in [4.78, 5) is 10.8. The van der Waals surface area contributed by atoms with Gasteiger partial charge >= 0.3 is 6.16 Å². The van der Waals surface area contributed by atoms with E-state index in [1.807, 2.05) is 72.8 Å². The molecule has 0 bridgehead atoms. The summed E-state index contributed by atoms with van der Waals surface area (Å²) in [6.45, 7) is 0.788. The molecule has 4 aromatic rings. The molecule has 1 aromatic heterocycles. The van der Waals surface area contributed by atoms with E-state index in [4.69, 9.17) is 14.6 Å². The van der Waals surface area contributed by atoms with Crippen LogP contribution in [0.25, 0.3) is 11.3 Å². The first-order chi connectivity index (χ1) is 15.2. The maximum Gasteiger partial charge on any atom is 0.512 e. The highest BCUT2D eigenvalue weighted by Crippen LogP contribution is 2.34. The highest BCUT2D eigenvalue weighted by atomic mass is 16.7. The summed E-state index contributed by atoms with van der Waals surface area (Å²) in [7, 11) is 0. The highest BCUT2D eigenvalue weighted by molar-refractivity contribution is 5.70. The maximum absolute atomic E-state index is 10.8. The molecule has 0 saturated carbocycles. The van der Waals surface area contributed by atoms with E-state index >= 15 is 0 Å². The molecule has 0 spiro atoms. The number of hydrogen-bond acceptors (Lipinski definition) is 5. The molecule has 0 saturated heterocycles. The molecule has 0 aliphatic heterocycles. The van der Waals surface area contributed by atoms with E-state index in [1.54, 1.807) is 6.07 Å². The molecule has 31 heavy (non-hydrogen) atoms. The second kappa shape index (κ2) is 9.49. The zero-order chi connectivity index (χ0) is 21.5. The summed E-state index contributed by atoms with van der Waals surface area (Å²) in [5, 5.41) is 15.5. The second-order valence-electron chi connectivity index (χ2n) is 6.69. The van der Waals surface area contributed by atoms with E-state index in [1.165, 1.54) is 6.07 Å². The Morgan fingerprint density at radius 1 is 0.839 bits per heavy atom. The van der Waals surface area contributed by atoms with Crippen LogP contribution in [0.15, 0.2) is 84.9 Å². The van der Waals surface area contributed by atoms with Gasteiger partial charge in [0, 0.05) is 17.7 Å². The largest absolute Gasteiger partial charge is 0.512 e. The molecule has 2 N–H and O–H groups in total. The Kier molecular flexibility index (Phi) is 6.13. The van der Waals surface area contributed by atoms with Crippen LogP contribution < -0.4 is 14.2 Å². The van der Waals surface area contributed by atoms with E-state index in [2.05, 4.69) is 14.9 Å². The van der Waals surface area contributed by atoms with E-state index in [-0.39, 0.29) is 5.88 Å². The SMILES string of the molecule is O=C(O)Oc1cc(-c2ccc(OCc3ccccc3)cc2OCc2ccccc2)n[nH]1. The summed E-state index contributed by atoms with van der Waals surface area (Å²) < 4.78 is 16.6. The van der Waals surface area contributed by atoms with Crippen molar-refractivity contribution in [2.45, 2.75) is 13.2 Å². The first-order valence-corrected chi connectivity index (χ1v) is 9.61. The van der Waals surface area contributed by atoms with Crippen molar-refractivity contribution < 1.29 is 24.1 Å². The van der Waals surface area contributed by atoms with Crippen LogP contribution in [-0.2, 0) is 13.2 Å². The van der Waals surface area contributed by atoms with Crippen LogP contribution in [0.5, 0.6) is 17.4 Å². The van der Waals surface area contributed by atoms with Gasteiger partial charge < -0.3 is 19.3 Å². The summed E-state index contributed by atoms with van der Waals surface area (Å²) in [5.41, 5.74) is 3.25. The molecule has 0 atom stereocenters. The second-order valence-corrected chi connectivity index (χ2v) is 6.69. The monoisotopic (exact) mass is 416 g/mol. The van der Waals surface area contributed by atoms with E-state index < -0.39 is 6.16 Å². The summed E-state index contributed by atoms with van der Waals surface area (Å²) in [6.07, 6.45) is -1.42. The smallest absolute Gasteiger partial charge is 0.489 e. The van der Waals surface area contributed by atoms with Crippen molar-refractivity contribution in [1.82, 2.24) is 10.2 Å². The topological polar surface area (TPSA) is 93.7 Å². The van der Waals surface area contributed by atoms with Crippen molar-refractivity contribution in [3.8, 4) is 28.6 Å². The predicted octanol–water partition coefficient (Wildman–Crippen LogP) is 5.29. The number of H-pyrrole nitrogens is 1. The average Bonchev–Trinajstić information content (AvgIpc) is 3.25. The molecule has 4 rings (SSSR count). The molecule has 0 fully saturated rings. The Labute approximate surface area is 178 Å². The number of benzene rings is 3. The van der Waals surface area contributed by atoms with Gasteiger partial charge in [-0.25, -0.2) is 9.89 Å². The van der Waals surface area contributed by atoms with Gasteiger partial charge in [0.25, 0.3) is 0 Å². The number of ether oxygens (including phenoxy) is 3. The maximum atomic E-state index is 10.8. The van der Waals surface area contributed by atoms with Gasteiger partial charge in [-0.3, -0.25) is 0 Å². The van der Waals surface area contributed by atoms with Crippen LogP contribution in [0.4, 0.5) is 4.79 Å². The minimum atomic E-state index is -1.42. The van der Waals surface area contributed by atoms with Crippen LogP contribution in [0.2, 0.25) is 0 Å². The zero-order valence-electron chi connectivity index (χ0n) is 16.5. The number of carboxylic acid groups (broad SMARTS) is 1. The van der Waals surface area contributed by atoms with Gasteiger partial charge in [-0.1, -0.05) is 60.7 Å².